The van der Waals surface area contributed by atoms with Gasteiger partial charge >= 0.3 is 0 Å². The molecule has 0 saturated heterocycles. The zero-order valence-corrected chi connectivity index (χ0v) is 9.79. The van der Waals surface area contributed by atoms with E-state index in [1.54, 1.807) is 12.1 Å². The first kappa shape index (κ1) is 12.4. The maximum absolute atomic E-state index is 13.7. The van der Waals surface area contributed by atoms with Gasteiger partial charge in [-0.2, -0.15) is 5.10 Å². The predicted octanol–water partition coefficient (Wildman–Crippen LogP) is 3.45. The van der Waals surface area contributed by atoms with Crippen molar-refractivity contribution in [3.8, 4) is 11.4 Å². The van der Waals surface area contributed by atoms with Crippen LogP contribution in [0.4, 0.5) is 4.39 Å². The molecule has 0 amide bonds. The summed E-state index contributed by atoms with van der Waals surface area (Å²) in [5.41, 5.74) is 1.17. The normalized spacial score (nSPS) is 9.50. The van der Waals surface area contributed by atoms with Crippen LogP contribution in [0.1, 0.15) is 27.8 Å². The molecule has 2 aromatic rings. The van der Waals surface area contributed by atoms with E-state index in [0.717, 1.165) is 0 Å². The van der Waals surface area contributed by atoms with Gasteiger partial charge in [-0.3, -0.25) is 5.10 Å². The number of benzene rings is 1. The number of aromatic amines is 1. The molecular formula is C12H18FN3. The first-order valence-electron chi connectivity index (χ1n) is 5.46. The Labute approximate surface area is 96.2 Å². The fraction of sp³-hybridized carbons (Fsp3) is 0.333. The van der Waals surface area contributed by atoms with E-state index in [2.05, 4.69) is 15.2 Å². The monoisotopic (exact) mass is 223 g/mol. The molecule has 1 aromatic carbocycles. The number of H-pyrrole nitrogens is 1. The molecule has 0 saturated carbocycles. The second-order valence-corrected chi connectivity index (χ2v) is 2.97. The average molecular weight is 223 g/mol. The highest BCUT2D eigenvalue weighted by Gasteiger charge is 2.10. The minimum absolute atomic E-state index is 0. The molecule has 3 nitrogen and oxygen atoms in total. The van der Waals surface area contributed by atoms with Gasteiger partial charge in [-0.05, 0) is 18.1 Å². The van der Waals surface area contributed by atoms with Crippen molar-refractivity contribution in [1.82, 2.24) is 15.2 Å². The van der Waals surface area contributed by atoms with Gasteiger partial charge in [0.15, 0.2) is 5.82 Å². The summed E-state index contributed by atoms with van der Waals surface area (Å²) >= 11 is 0. The summed E-state index contributed by atoms with van der Waals surface area (Å²) < 4.78 is 13.7. The number of hydrogen-bond acceptors (Lipinski definition) is 2. The van der Waals surface area contributed by atoms with Crippen molar-refractivity contribution in [2.75, 3.05) is 0 Å². The highest BCUT2D eigenvalue weighted by Crippen LogP contribution is 2.21. The van der Waals surface area contributed by atoms with E-state index < -0.39 is 0 Å². The van der Waals surface area contributed by atoms with Crippen LogP contribution in [0.15, 0.2) is 24.5 Å². The van der Waals surface area contributed by atoms with Gasteiger partial charge in [0.1, 0.15) is 12.1 Å². The van der Waals surface area contributed by atoms with Crippen LogP contribution < -0.4 is 0 Å². The molecule has 1 aromatic heterocycles. The molecule has 0 radical (unpaired) electrons. The summed E-state index contributed by atoms with van der Waals surface area (Å²) in [4.78, 5) is 3.92. The first-order chi connectivity index (χ1) is 7.83. The smallest absolute Gasteiger partial charge is 0.158 e. The Morgan fingerprint density at radius 2 is 2.12 bits per heavy atom. The van der Waals surface area contributed by atoms with Crippen molar-refractivity contribution in [3.05, 3.63) is 35.9 Å². The lowest BCUT2D eigenvalue weighted by Crippen LogP contribution is -1.92. The third-order valence-corrected chi connectivity index (χ3v) is 2.13. The van der Waals surface area contributed by atoms with Gasteiger partial charge in [-0.15, -0.1) is 0 Å². The van der Waals surface area contributed by atoms with Crippen LogP contribution in [0, 0.1) is 5.82 Å². The van der Waals surface area contributed by atoms with Crippen molar-refractivity contribution in [2.24, 2.45) is 0 Å². The Morgan fingerprint density at radius 1 is 1.38 bits per heavy atom. The van der Waals surface area contributed by atoms with Crippen LogP contribution in [0.3, 0.4) is 0 Å². The van der Waals surface area contributed by atoms with E-state index in [1.807, 2.05) is 26.8 Å². The maximum atomic E-state index is 13.7. The van der Waals surface area contributed by atoms with Gasteiger partial charge in [-0.25, -0.2) is 9.37 Å². The van der Waals surface area contributed by atoms with Crippen molar-refractivity contribution >= 4 is 0 Å². The number of aryl methyl sites for hydroxylation is 1. The molecule has 16 heavy (non-hydrogen) atoms. The molecule has 88 valence electrons. The SMILES string of the molecule is CC.CCc1cccc(-c2ncn[nH]2)c1F.[HH]. The zero-order valence-electron chi connectivity index (χ0n) is 9.79. The molecule has 0 aliphatic carbocycles. The molecular weight excluding hydrogens is 205 g/mol. The number of nitrogens with one attached hydrogen (secondary N) is 1. The second-order valence-electron chi connectivity index (χ2n) is 2.97. The molecule has 0 aliphatic rings. The summed E-state index contributed by atoms with van der Waals surface area (Å²) in [5.74, 6) is 0.254. The van der Waals surface area contributed by atoms with Crippen LogP contribution in [-0.2, 0) is 6.42 Å². The number of aromatic nitrogens is 3. The van der Waals surface area contributed by atoms with E-state index >= 15 is 0 Å². The van der Waals surface area contributed by atoms with Crippen molar-refractivity contribution < 1.29 is 5.82 Å². The van der Waals surface area contributed by atoms with Gasteiger partial charge < -0.3 is 0 Å². The van der Waals surface area contributed by atoms with E-state index in [-0.39, 0.29) is 7.24 Å². The third kappa shape index (κ3) is 2.45. The van der Waals surface area contributed by atoms with Gasteiger partial charge in [0.05, 0.1) is 5.56 Å². The molecule has 1 N–H and O–H groups in total. The highest BCUT2D eigenvalue weighted by molar-refractivity contribution is 5.56. The maximum Gasteiger partial charge on any atom is 0.158 e. The van der Waals surface area contributed by atoms with Gasteiger partial charge in [0, 0.05) is 1.43 Å². The minimum Gasteiger partial charge on any atom is -0.259 e. The number of halogens is 1. The second kappa shape index (κ2) is 6.00. The molecule has 0 aliphatic heterocycles. The van der Waals surface area contributed by atoms with Crippen LogP contribution in [0.2, 0.25) is 0 Å². The number of nitrogens with zero attached hydrogens (tertiary/aromatic N) is 2. The van der Waals surface area contributed by atoms with E-state index in [4.69, 9.17) is 0 Å². The van der Waals surface area contributed by atoms with E-state index in [0.29, 0.717) is 23.4 Å². The Hall–Kier alpha value is -1.71. The summed E-state index contributed by atoms with van der Waals surface area (Å²) in [6.07, 6.45) is 2.04. The highest BCUT2D eigenvalue weighted by atomic mass is 19.1. The van der Waals surface area contributed by atoms with E-state index in [9.17, 15) is 4.39 Å². The lowest BCUT2D eigenvalue weighted by molar-refractivity contribution is 0.614. The summed E-state index contributed by atoms with van der Waals surface area (Å²) in [6, 6.07) is 5.28. The molecule has 0 spiro atoms. The predicted molar refractivity (Wildman–Crippen MR) is 64.6 cm³/mol. The lowest BCUT2D eigenvalue weighted by Gasteiger charge is -2.03. The van der Waals surface area contributed by atoms with Crippen molar-refractivity contribution in [3.63, 3.8) is 0 Å². The quantitative estimate of drug-likeness (QED) is 0.847. The largest absolute Gasteiger partial charge is 0.259 e. The Bertz CT molecular complexity index is 429. The molecule has 2 rings (SSSR count). The molecule has 0 fully saturated rings. The fourth-order valence-electron chi connectivity index (χ4n) is 1.37. The van der Waals surface area contributed by atoms with Gasteiger partial charge in [0.25, 0.3) is 0 Å². The van der Waals surface area contributed by atoms with E-state index in [1.165, 1.54) is 6.33 Å². The van der Waals surface area contributed by atoms with Crippen molar-refractivity contribution in [2.45, 2.75) is 27.2 Å². The van der Waals surface area contributed by atoms with Crippen LogP contribution in [0.25, 0.3) is 11.4 Å². The summed E-state index contributed by atoms with van der Waals surface area (Å²) in [6.45, 7) is 5.92. The Balaban J connectivity index is 0.000000811. The topological polar surface area (TPSA) is 41.6 Å². The third-order valence-electron chi connectivity index (χ3n) is 2.13. The molecule has 4 heteroatoms. The fourth-order valence-corrected chi connectivity index (χ4v) is 1.37. The first-order valence-corrected chi connectivity index (χ1v) is 5.46. The summed E-state index contributed by atoms with van der Waals surface area (Å²) in [7, 11) is 0. The van der Waals surface area contributed by atoms with Crippen LogP contribution >= 0.6 is 0 Å². The van der Waals surface area contributed by atoms with Crippen LogP contribution in [-0.4, -0.2) is 15.2 Å². The molecule has 0 bridgehead atoms. The minimum atomic E-state index is -0.216. The number of hydrogen-bond donors (Lipinski definition) is 1. The average Bonchev–Trinajstić information content (AvgIpc) is 2.85. The zero-order chi connectivity index (χ0) is 12.0. The van der Waals surface area contributed by atoms with Crippen molar-refractivity contribution in [1.29, 1.82) is 0 Å². The van der Waals surface area contributed by atoms with Gasteiger partial charge in [-0.1, -0.05) is 32.9 Å². The molecule has 0 atom stereocenters. The standard InChI is InChI=1S/C10H10FN3.C2H6.H2/c1-2-7-4-3-5-8(9(7)11)10-12-6-13-14-10;1-2;/h3-6H,2H2,1H3,(H,12,13,14);1-2H3;1H. The van der Waals surface area contributed by atoms with Gasteiger partial charge in [0.2, 0.25) is 0 Å². The summed E-state index contributed by atoms with van der Waals surface area (Å²) in [5, 5.41) is 6.34. The lowest BCUT2D eigenvalue weighted by atomic mass is 10.1. The van der Waals surface area contributed by atoms with Crippen LogP contribution in [0.5, 0.6) is 0 Å². The Morgan fingerprint density at radius 3 is 2.69 bits per heavy atom. The molecule has 0 unspecified atom stereocenters. The Kier molecular flexibility index (Phi) is 4.64. The molecule has 1 heterocycles. The number of rotatable bonds is 2.